The first-order valence-electron chi connectivity index (χ1n) is 3.98. The van der Waals surface area contributed by atoms with Crippen molar-refractivity contribution in [2.45, 2.75) is 4.90 Å². The molecule has 0 unspecified atom stereocenters. The number of hydrogen-bond acceptors (Lipinski definition) is 2. The van der Waals surface area contributed by atoms with Gasteiger partial charge in [-0.2, -0.15) is 0 Å². The summed E-state index contributed by atoms with van der Waals surface area (Å²) in [5.74, 6) is 0. The lowest BCUT2D eigenvalue weighted by molar-refractivity contribution is 1.26. The molecule has 70 valence electrons. The highest BCUT2D eigenvalue weighted by atomic mass is 35.5. The number of halogens is 1. The van der Waals surface area contributed by atoms with E-state index in [0.29, 0.717) is 6.54 Å². The summed E-state index contributed by atoms with van der Waals surface area (Å²) in [5, 5.41) is 0.798. The molecule has 0 saturated carbocycles. The Hall–Kier alpha value is -0.440. The van der Waals surface area contributed by atoms with Crippen LogP contribution in [0.5, 0.6) is 0 Å². The summed E-state index contributed by atoms with van der Waals surface area (Å²) in [6, 6.07) is 5.99. The van der Waals surface area contributed by atoms with E-state index in [2.05, 4.69) is 0 Å². The maximum atomic E-state index is 6.02. The van der Waals surface area contributed by atoms with Crippen molar-refractivity contribution in [1.82, 2.24) is 0 Å². The number of nitrogens with two attached hydrogens (primary N) is 1. The summed E-state index contributed by atoms with van der Waals surface area (Å²) in [7, 11) is 0. The van der Waals surface area contributed by atoms with Crippen LogP contribution in [0, 0.1) is 0 Å². The molecule has 0 aliphatic heterocycles. The van der Waals surface area contributed by atoms with Crippen LogP contribution in [0.2, 0.25) is 5.02 Å². The summed E-state index contributed by atoms with van der Waals surface area (Å²) in [4.78, 5) is 1.10. The van der Waals surface area contributed by atoms with Gasteiger partial charge in [0.05, 0.1) is 5.02 Å². The third-order valence-corrected chi connectivity index (χ3v) is 2.84. The first kappa shape index (κ1) is 10.6. The average Bonchev–Trinajstić information content (AvgIpc) is 2.15. The third kappa shape index (κ3) is 3.07. The van der Waals surface area contributed by atoms with Gasteiger partial charge in [-0.3, -0.25) is 0 Å². The highest BCUT2D eigenvalue weighted by molar-refractivity contribution is 7.98. The number of benzene rings is 1. The molecule has 0 fully saturated rings. The van der Waals surface area contributed by atoms with Gasteiger partial charge in [-0.25, -0.2) is 0 Å². The second-order valence-corrected chi connectivity index (χ2v) is 3.79. The van der Waals surface area contributed by atoms with E-state index in [0.717, 1.165) is 15.5 Å². The Morgan fingerprint density at radius 2 is 2.31 bits per heavy atom. The molecule has 0 bridgehead atoms. The Balaban J connectivity index is 2.89. The predicted octanol–water partition coefficient (Wildman–Crippen LogP) is 3.03. The zero-order chi connectivity index (χ0) is 9.68. The van der Waals surface area contributed by atoms with Crippen molar-refractivity contribution >= 4 is 29.4 Å². The molecule has 0 radical (unpaired) electrons. The second-order valence-electron chi connectivity index (χ2n) is 2.53. The molecular weight excluding hydrogens is 202 g/mol. The van der Waals surface area contributed by atoms with Crippen molar-refractivity contribution in [2.75, 3.05) is 12.8 Å². The number of hydrogen-bond donors (Lipinski definition) is 1. The van der Waals surface area contributed by atoms with Crippen molar-refractivity contribution in [3.05, 3.63) is 34.9 Å². The molecule has 0 saturated heterocycles. The fourth-order valence-corrected chi connectivity index (χ4v) is 1.87. The smallest absolute Gasteiger partial charge is 0.0547 e. The fraction of sp³-hybridized carbons (Fsp3) is 0.200. The molecule has 1 nitrogen and oxygen atoms in total. The quantitative estimate of drug-likeness (QED) is 0.782. The molecule has 1 aromatic rings. The van der Waals surface area contributed by atoms with Crippen molar-refractivity contribution in [2.24, 2.45) is 5.73 Å². The summed E-state index contributed by atoms with van der Waals surface area (Å²) >= 11 is 7.67. The van der Waals surface area contributed by atoms with Gasteiger partial charge in [0.2, 0.25) is 0 Å². The van der Waals surface area contributed by atoms with E-state index in [9.17, 15) is 0 Å². The zero-order valence-electron chi connectivity index (χ0n) is 7.46. The van der Waals surface area contributed by atoms with E-state index in [1.54, 1.807) is 11.8 Å². The lowest BCUT2D eigenvalue weighted by atomic mass is 10.2. The standard InChI is InChI=1S/C10H12ClNS/c1-13-10-5-4-8(3-2-6-12)7-9(10)11/h2-5,7H,6,12H2,1H3/b3-2+. The van der Waals surface area contributed by atoms with Gasteiger partial charge < -0.3 is 5.73 Å². The van der Waals surface area contributed by atoms with Crippen molar-refractivity contribution < 1.29 is 0 Å². The van der Waals surface area contributed by atoms with E-state index >= 15 is 0 Å². The molecule has 0 atom stereocenters. The van der Waals surface area contributed by atoms with Gasteiger partial charge in [-0.05, 0) is 24.0 Å². The molecular formula is C10H12ClNS. The van der Waals surface area contributed by atoms with E-state index in [4.69, 9.17) is 17.3 Å². The normalized spacial score (nSPS) is 11.0. The van der Waals surface area contributed by atoms with E-state index in [-0.39, 0.29) is 0 Å². The predicted molar refractivity (Wildman–Crippen MR) is 61.3 cm³/mol. The van der Waals surface area contributed by atoms with Crippen molar-refractivity contribution in [3.63, 3.8) is 0 Å². The van der Waals surface area contributed by atoms with Crippen LogP contribution in [0.1, 0.15) is 5.56 Å². The minimum absolute atomic E-state index is 0.557. The van der Waals surface area contributed by atoms with Crippen LogP contribution in [0.15, 0.2) is 29.2 Å². The Morgan fingerprint density at radius 3 is 2.85 bits per heavy atom. The van der Waals surface area contributed by atoms with Crippen molar-refractivity contribution in [3.8, 4) is 0 Å². The van der Waals surface area contributed by atoms with Gasteiger partial charge in [-0.15, -0.1) is 11.8 Å². The number of rotatable bonds is 3. The third-order valence-electron chi connectivity index (χ3n) is 1.62. The van der Waals surface area contributed by atoms with E-state index < -0.39 is 0 Å². The summed E-state index contributed by atoms with van der Waals surface area (Å²) in [5.41, 5.74) is 6.44. The van der Waals surface area contributed by atoms with E-state index in [1.807, 2.05) is 36.6 Å². The maximum absolute atomic E-state index is 6.02. The molecule has 0 amide bonds. The maximum Gasteiger partial charge on any atom is 0.0547 e. The van der Waals surface area contributed by atoms with Crippen LogP contribution in [0.25, 0.3) is 6.08 Å². The fourth-order valence-electron chi connectivity index (χ4n) is 0.990. The minimum atomic E-state index is 0.557. The van der Waals surface area contributed by atoms with Crippen LogP contribution in [-0.4, -0.2) is 12.8 Å². The van der Waals surface area contributed by atoms with Crippen LogP contribution in [-0.2, 0) is 0 Å². The van der Waals surface area contributed by atoms with Gasteiger partial charge >= 0.3 is 0 Å². The molecule has 13 heavy (non-hydrogen) atoms. The Morgan fingerprint density at radius 1 is 1.54 bits per heavy atom. The van der Waals surface area contributed by atoms with Crippen LogP contribution < -0.4 is 5.73 Å². The molecule has 0 aliphatic rings. The molecule has 0 heterocycles. The van der Waals surface area contributed by atoms with Gasteiger partial charge in [0, 0.05) is 11.4 Å². The van der Waals surface area contributed by atoms with Gasteiger partial charge in [-0.1, -0.05) is 29.8 Å². The topological polar surface area (TPSA) is 26.0 Å². The molecule has 3 heteroatoms. The lowest BCUT2D eigenvalue weighted by Crippen LogP contribution is -1.91. The van der Waals surface area contributed by atoms with Gasteiger partial charge in [0.15, 0.2) is 0 Å². The van der Waals surface area contributed by atoms with Crippen LogP contribution in [0.3, 0.4) is 0 Å². The van der Waals surface area contributed by atoms with Crippen molar-refractivity contribution in [1.29, 1.82) is 0 Å². The molecule has 0 aliphatic carbocycles. The monoisotopic (exact) mass is 213 g/mol. The molecule has 0 spiro atoms. The Labute approximate surface area is 88.0 Å². The average molecular weight is 214 g/mol. The molecule has 1 aromatic carbocycles. The first-order chi connectivity index (χ1) is 6.27. The summed E-state index contributed by atoms with van der Waals surface area (Å²) in [6.45, 7) is 0.557. The van der Waals surface area contributed by atoms with Crippen LogP contribution in [0.4, 0.5) is 0 Å². The lowest BCUT2D eigenvalue weighted by Gasteiger charge is -2.00. The highest BCUT2D eigenvalue weighted by Crippen LogP contribution is 2.26. The first-order valence-corrected chi connectivity index (χ1v) is 5.58. The summed E-state index contributed by atoms with van der Waals surface area (Å²) in [6.07, 6.45) is 5.89. The molecule has 0 aromatic heterocycles. The highest BCUT2D eigenvalue weighted by Gasteiger charge is 1.97. The molecule has 2 N–H and O–H groups in total. The van der Waals surface area contributed by atoms with Crippen LogP contribution >= 0.6 is 23.4 Å². The SMILES string of the molecule is CSc1ccc(/C=C/CN)cc1Cl. The molecule has 1 rings (SSSR count). The zero-order valence-corrected chi connectivity index (χ0v) is 9.03. The largest absolute Gasteiger partial charge is 0.327 e. The van der Waals surface area contributed by atoms with Gasteiger partial charge in [0.1, 0.15) is 0 Å². The second kappa shape index (κ2) is 5.32. The minimum Gasteiger partial charge on any atom is -0.327 e. The Bertz CT molecular complexity index is 310. The Kier molecular flexibility index (Phi) is 4.36. The number of thioether (sulfide) groups is 1. The van der Waals surface area contributed by atoms with E-state index in [1.165, 1.54) is 0 Å². The van der Waals surface area contributed by atoms with Gasteiger partial charge in [0.25, 0.3) is 0 Å². The summed E-state index contributed by atoms with van der Waals surface area (Å²) < 4.78 is 0.